The molecule has 1 atom stereocenters. The van der Waals surface area contributed by atoms with E-state index in [1.807, 2.05) is 72.8 Å². The van der Waals surface area contributed by atoms with Gasteiger partial charge >= 0.3 is 0 Å². The molecule has 0 amide bonds. The second-order valence-electron chi connectivity index (χ2n) is 7.46. The van der Waals surface area contributed by atoms with E-state index in [0.29, 0.717) is 13.0 Å². The molecule has 3 heteroatoms. The maximum absolute atomic E-state index is 13.0. The van der Waals surface area contributed by atoms with E-state index < -0.39 is 0 Å². The van der Waals surface area contributed by atoms with Gasteiger partial charge in [0.1, 0.15) is 18.1 Å². The van der Waals surface area contributed by atoms with E-state index in [-0.39, 0.29) is 18.2 Å². The van der Waals surface area contributed by atoms with Crippen molar-refractivity contribution in [3.8, 4) is 5.75 Å². The first-order valence-corrected chi connectivity index (χ1v) is 10.2. The van der Waals surface area contributed by atoms with E-state index >= 15 is 0 Å². The smallest absolute Gasteiger partial charge is 0.145 e. The Morgan fingerprint density at radius 1 is 0.767 bits per heavy atom. The molecule has 0 fully saturated rings. The summed E-state index contributed by atoms with van der Waals surface area (Å²) in [5.41, 5.74) is 9.03. The molecule has 3 nitrogen and oxygen atoms in total. The zero-order valence-electron chi connectivity index (χ0n) is 16.8. The molecule has 0 bridgehead atoms. The molecule has 4 rings (SSSR count). The monoisotopic (exact) mass is 395 g/mol. The van der Waals surface area contributed by atoms with Crippen molar-refractivity contribution < 1.29 is 9.53 Å². The largest absolute Gasteiger partial charge is 0.489 e. The van der Waals surface area contributed by atoms with Crippen LogP contribution in [0.15, 0.2) is 97.1 Å². The highest BCUT2D eigenvalue weighted by Crippen LogP contribution is 2.23. The highest BCUT2D eigenvalue weighted by atomic mass is 16.5. The molecule has 0 saturated heterocycles. The number of ether oxygens (including phenoxy) is 1. The lowest BCUT2D eigenvalue weighted by atomic mass is 9.90. The number of Topliss-reactive ketones (excluding diaryl/α,β-unsaturated/α-hetero) is 1. The Hall–Kier alpha value is -3.43. The molecule has 2 N–H and O–H groups in total. The summed E-state index contributed by atoms with van der Waals surface area (Å²) in [7, 11) is 0. The first-order valence-electron chi connectivity index (χ1n) is 10.2. The van der Waals surface area contributed by atoms with Crippen molar-refractivity contribution in [2.45, 2.75) is 18.9 Å². The fourth-order valence-corrected chi connectivity index (χ4v) is 3.66. The minimum atomic E-state index is -0.320. The molecule has 0 heterocycles. The molecule has 4 aromatic carbocycles. The molecular weight excluding hydrogens is 370 g/mol. The Morgan fingerprint density at radius 3 is 2.20 bits per heavy atom. The van der Waals surface area contributed by atoms with Gasteiger partial charge in [-0.2, -0.15) is 0 Å². The maximum atomic E-state index is 13.0. The SMILES string of the molecule is NCC(C(=O)Cc1ccc2ccccc2c1)c1ccc(OCc2ccccc2)cc1. The minimum absolute atomic E-state index is 0.130. The van der Waals surface area contributed by atoms with Crippen LogP contribution >= 0.6 is 0 Å². The van der Waals surface area contributed by atoms with Gasteiger partial charge in [0.25, 0.3) is 0 Å². The van der Waals surface area contributed by atoms with E-state index in [4.69, 9.17) is 10.5 Å². The molecule has 0 saturated carbocycles. The highest BCUT2D eigenvalue weighted by Gasteiger charge is 2.19. The van der Waals surface area contributed by atoms with Crippen molar-refractivity contribution in [3.63, 3.8) is 0 Å². The molecule has 0 spiro atoms. The average Bonchev–Trinajstić information content (AvgIpc) is 2.79. The molecule has 30 heavy (non-hydrogen) atoms. The lowest BCUT2D eigenvalue weighted by molar-refractivity contribution is -0.119. The predicted octanol–water partition coefficient (Wildman–Crippen LogP) is 5.27. The number of carbonyl (C=O) groups excluding carboxylic acids is 1. The van der Waals surface area contributed by atoms with Crippen LogP contribution in [-0.2, 0) is 17.8 Å². The van der Waals surface area contributed by atoms with Gasteiger partial charge < -0.3 is 10.5 Å². The van der Waals surface area contributed by atoms with Gasteiger partial charge in [-0.25, -0.2) is 0 Å². The summed E-state index contributed by atoms with van der Waals surface area (Å²) in [5.74, 6) is 0.589. The topological polar surface area (TPSA) is 52.3 Å². The van der Waals surface area contributed by atoms with Gasteiger partial charge in [-0.1, -0.05) is 84.9 Å². The van der Waals surface area contributed by atoms with Crippen molar-refractivity contribution in [1.29, 1.82) is 0 Å². The zero-order chi connectivity index (χ0) is 20.8. The van der Waals surface area contributed by atoms with Crippen LogP contribution in [-0.4, -0.2) is 12.3 Å². The fourth-order valence-electron chi connectivity index (χ4n) is 3.66. The number of benzene rings is 4. The molecular formula is C27H25NO2. The number of hydrogen-bond donors (Lipinski definition) is 1. The summed E-state index contributed by atoms with van der Waals surface area (Å²) in [5, 5.41) is 2.32. The Labute approximate surface area is 177 Å². The third kappa shape index (κ3) is 4.76. The van der Waals surface area contributed by atoms with Crippen molar-refractivity contribution in [3.05, 3.63) is 114 Å². The summed E-state index contributed by atoms with van der Waals surface area (Å²) < 4.78 is 5.84. The molecule has 1 unspecified atom stereocenters. The number of fused-ring (bicyclic) bond motifs is 1. The van der Waals surface area contributed by atoms with Gasteiger partial charge in [0, 0.05) is 13.0 Å². The lowest BCUT2D eigenvalue weighted by Gasteiger charge is -2.15. The van der Waals surface area contributed by atoms with Gasteiger partial charge in [-0.15, -0.1) is 0 Å². The highest BCUT2D eigenvalue weighted by molar-refractivity contribution is 5.90. The predicted molar refractivity (Wildman–Crippen MR) is 122 cm³/mol. The second kappa shape index (κ2) is 9.38. The van der Waals surface area contributed by atoms with Crippen molar-refractivity contribution in [1.82, 2.24) is 0 Å². The molecule has 0 aliphatic heterocycles. The van der Waals surface area contributed by atoms with Gasteiger partial charge in [0.2, 0.25) is 0 Å². The second-order valence-corrected chi connectivity index (χ2v) is 7.46. The third-order valence-corrected chi connectivity index (χ3v) is 5.35. The van der Waals surface area contributed by atoms with E-state index in [0.717, 1.165) is 27.8 Å². The Balaban J connectivity index is 1.42. The van der Waals surface area contributed by atoms with Crippen LogP contribution in [0.1, 0.15) is 22.6 Å². The van der Waals surface area contributed by atoms with Crippen molar-refractivity contribution >= 4 is 16.6 Å². The number of carbonyl (C=O) groups is 1. The van der Waals surface area contributed by atoms with Gasteiger partial charge in [0.05, 0.1) is 5.92 Å². The van der Waals surface area contributed by atoms with Crippen LogP contribution in [0.3, 0.4) is 0 Å². The third-order valence-electron chi connectivity index (χ3n) is 5.35. The Morgan fingerprint density at radius 2 is 1.47 bits per heavy atom. The van der Waals surface area contributed by atoms with E-state index in [1.165, 1.54) is 5.39 Å². The number of ketones is 1. The summed E-state index contributed by atoms with van der Waals surface area (Å²) in [6, 6.07) is 32.1. The maximum Gasteiger partial charge on any atom is 0.145 e. The summed E-state index contributed by atoms with van der Waals surface area (Å²) in [4.78, 5) is 13.0. The zero-order valence-corrected chi connectivity index (χ0v) is 16.8. The molecule has 0 radical (unpaired) electrons. The Kier molecular flexibility index (Phi) is 6.21. The fraction of sp³-hybridized carbons (Fsp3) is 0.148. The normalized spacial score (nSPS) is 11.9. The first kappa shape index (κ1) is 19.9. The van der Waals surface area contributed by atoms with Gasteiger partial charge in [-0.3, -0.25) is 4.79 Å². The van der Waals surface area contributed by atoms with Crippen LogP contribution in [0, 0.1) is 0 Å². The van der Waals surface area contributed by atoms with Crippen LogP contribution in [0.2, 0.25) is 0 Å². The minimum Gasteiger partial charge on any atom is -0.489 e. The lowest BCUT2D eigenvalue weighted by Crippen LogP contribution is -2.23. The quantitative estimate of drug-likeness (QED) is 0.442. The Bertz CT molecular complexity index is 1120. The van der Waals surface area contributed by atoms with Crippen LogP contribution < -0.4 is 10.5 Å². The molecule has 0 aliphatic rings. The van der Waals surface area contributed by atoms with E-state index in [2.05, 4.69) is 24.3 Å². The summed E-state index contributed by atoms with van der Waals surface area (Å²) in [6.07, 6.45) is 0.374. The van der Waals surface area contributed by atoms with Crippen LogP contribution in [0.4, 0.5) is 0 Å². The molecule has 150 valence electrons. The summed E-state index contributed by atoms with van der Waals surface area (Å²) in [6.45, 7) is 0.804. The number of nitrogens with two attached hydrogens (primary N) is 1. The number of rotatable bonds is 8. The van der Waals surface area contributed by atoms with E-state index in [1.54, 1.807) is 0 Å². The first-order chi connectivity index (χ1) is 14.7. The average molecular weight is 396 g/mol. The van der Waals surface area contributed by atoms with Gasteiger partial charge in [-0.05, 0) is 39.6 Å². The molecule has 0 aliphatic carbocycles. The van der Waals surface area contributed by atoms with Crippen molar-refractivity contribution in [2.24, 2.45) is 5.73 Å². The van der Waals surface area contributed by atoms with Gasteiger partial charge in [0.15, 0.2) is 0 Å². The van der Waals surface area contributed by atoms with Crippen LogP contribution in [0.5, 0.6) is 5.75 Å². The summed E-state index contributed by atoms with van der Waals surface area (Å²) >= 11 is 0. The number of hydrogen-bond acceptors (Lipinski definition) is 3. The molecule has 0 aromatic heterocycles. The van der Waals surface area contributed by atoms with Crippen molar-refractivity contribution in [2.75, 3.05) is 6.54 Å². The molecule has 4 aromatic rings. The van der Waals surface area contributed by atoms with E-state index in [9.17, 15) is 4.79 Å². The van der Waals surface area contributed by atoms with Crippen LogP contribution in [0.25, 0.3) is 10.8 Å². The standard InChI is InChI=1S/C27H25NO2/c28-18-26(27(29)17-21-10-11-22-8-4-5-9-24(22)16-21)23-12-14-25(15-13-23)30-19-20-6-2-1-3-7-20/h1-16,26H,17-19,28H2.